The Bertz CT molecular complexity index is 355. The summed E-state index contributed by atoms with van der Waals surface area (Å²) < 4.78 is 0. The minimum Gasteiger partial charge on any atom is -0.294 e. The van der Waals surface area contributed by atoms with Crippen LogP contribution in [-0.4, -0.2) is 16.5 Å². The van der Waals surface area contributed by atoms with Gasteiger partial charge in [-0.2, -0.15) is 0 Å². The van der Waals surface area contributed by atoms with Crippen LogP contribution in [0.3, 0.4) is 0 Å². The van der Waals surface area contributed by atoms with Crippen molar-refractivity contribution in [2.45, 2.75) is 37.6 Å². The molecule has 0 radical (unpaired) electrons. The first-order valence-electron chi connectivity index (χ1n) is 5.85. The first kappa shape index (κ1) is 11.6. The number of pyridine rings is 1. The number of ketones is 1. The van der Waals surface area contributed by atoms with Gasteiger partial charge in [-0.1, -0.05) is 12.8 Å². The lowest BCUT2D eigenvalue weighted by atomic mass is 10.1. The maximum Gasteiger partial charge on any atom is 0.161 e. The SMILES string of the molecule is CC(=O)c1ccc(SCC2CCCC2)nc1. The fourth-order valence-corrected chi connectivity index (χ4v) is 3.09. The first-order chi connectivity index (χ1) is 7.75. The standard InChI is InChI=1S/C13H17NOS/c1-10(15)12-6-7-13(14-8-12)16-9-11-4-2-3-5-11/h6-8,11H,2-5,9H2,1H3. The number of nitrogens with zero attached hydrogens (tertiary/aromatic N) is 1. The third-order valence-corrected chi connectivity index (χ3v) is 4.26. The molecule has 0 atom stereocenters. The van der Waals surface area contributed by atoms with E-state index in [4.69, 9.17) is 0 Å². The van der Waals surface area contributed by atoms with Crippen LogP contribution in [0.15, 0.2) is 23.4 Å². The number of rotatable bonds is 4. The van der Waals surface area contributed by atoms with Crippen LogP contribution in [0.1, 0.15) is 43.0 Å². The summed E-state index contributed by atoms with van der Waals surface area (Å²) in [7, 11) is 0. The summed E-state index contributed by atoms with van der Waals surface area (Å²) in [5.74, 6) is 2.13. The Morgan fingerprint density at radius 1 is 1.44 bits per heavy atom. The maximum atomic E-state index is 11.1. The molecule has 0 amide bonds. The number of carbonyl (C=O) groups is 1. The molecule has 1 saturated carbocycles. The van der Waals surface area contributed by atoms with Crippen LogP contribution in [0.2, 0.25) is 0 Å². The summed E-state index contributed by atoms with van der Waals surface area (Å²) in [6.07, 6.45) is 7.21. The largest absolute Gasteiger partial charge is 0.294 e. The number of hydrogen-bond donors (Lipinski definition) is 0. The van der Waals surface area contributed by atoms with Gasteiger partial charge in [-0.3, -0.25) is 4.79 Å². The van der Waals surface area contributed by atoms with E-state index in [9.17, 15) is 4.79 Å². The summed E-state index contributed by atoms with van der Waals surface area (Å²) in [6.45, 7) is 1.57. The zero-order chi connectivity index (χ0) is 11.4. The zero-order valence-electron chi connectivity index (χ0n) is 9.61. The molecule has 0 aliphatic heterocycles. The highest BCUT2D eigenvalue weighted by Gasteiger charge is 2.15. The van der Waals surface area contributed by atoms with Gasteiger partial charge in [0.15, 0.2) is 5.78 Å². The molecule has 86 valence electrons. The van der Waals surface area contributed by atoms with Crippen molar-refractivity contribution in [2.24, 2.45) is 5.92 Å². The van der Waals surface area contributed by atoms with E-state index < -0.39 is 0 Å². The second kappa shape index (κ2) is 5.48. The molecular weight excluding hydrogens is 218 g/mol. The van der Waals surface area contributed by atoms with Gasteiger partial charge < -0.3 is 0 Å². The highest BCUT2D eigenvalue weighted by Crippen LogP contribution is 2.30. The van der Waals surface area contributed by atoms with Crippen LogP contribution in [0.5, 0.6) is 0 Å². The Morgan fingerprint density at radius 2 is 2.19 bits per heavy atom. The molecule has 1 fully saturated rings. The highest BCUT2D eigenvalue weighted by atomic mass is 32.2. The molecular formula is C13H17NOS. The van der Waals surface area contributed by atoms with Crippen LogP contribution in [0, 0.1) is 5.92 Å². The number of carbonyl (C=O) groups excluding carboxylic acids is 1. The van der Waals surface area contributed by atoms with E-state index in [-0.39, 0.29) is 5.78 Å². The number of Topliss-reactive ketones (excluding diaryl/α,β-unsaturated/α-hetero) is 1. The molecule has 16 heavy (non-hydrogen) atoms. The van der Waals surface area contributed by atoms with E-state index in [0.29, 0.717) is 5.56 Å². The summed E-state index contributed by atoms with van der Waals surface area (Å²) in [5, 5.41) is 1.04. The van der Waals surface area contributed by atoms with Gasteiger partial charge in [0.2, 0.25) is 0 Å². The molecule has 0 aromatic carbocycles. The molecule has 2 rings (SSSR count). The van der Waals surface area contributed by atoms with E-state index in [1.807, 2.05) is 23.9 Å². The van der Waals surface area contributed by atoms with E-state index in [1.165, 1.54) is 31.4 Å². The van der Waals surface area contributed by atoms with Crippen molar-refractivity contribution in [2.75, 3.05) is 5.75 Å². The summed E-state index contributed by atoms with van der Waals surface area (Å²) >= 11 is 1.82. The van der Waals surface area contributed by atoms with Crippen molar-refractivity contribution >= 4 is 17.5 Å². The molecule has 0 unspecified atom stereocenters. The van der Waals surface area contributed by atoms with Crippen molar-refractivity contribution in [3.05, 3.63) is 23.9 Å². The normalized spacial score (nSPS) is 16.6. The average Bonchev–Trinajstić information content (AvgIpc) is 2.80. The molecule has 2 nitrogen and oxygen atoms in total. The second-order valence-corrected chi connectivity index (χ2v) is 5.44. The predicted octanol–water partition coefficient (Wildman–Crippen LogP) is 3.57. The van der Waals surface area contributed by atoms with E-state index >= 15 is 0 Å². The molecule has 0 N–H and O–H groups in total. The lowest BCUT2D eigenvalue weighted by Gasteiger charge is -2.07. The van der Waals surface area contributed by atoms with Crippen molar-refractivity contribution in [1.82, 2.24) is 4.98 Å². The number of hydrogen-bond acceptors (Lipinski definition) is 3. The summed E-state index contributed by atoms with van der Waals surface area (Å²) in [5.41, 5.74) is 0.699. The molecule has 0 saturated heterocycles. The van der Waals surface area contributed by atoms with Crippen LogP contribution in [0.4, 0.5) is 0 Å². The third-order valence-electron chi connectivity index (χ3n) is 3.08. The fourth-order valence-electron chi connectivity index (χ4n) is 2.05. The van der Waals surface area contributed by atoms with Crippen molar-refractivity contribution < 1.29 is 4.79 Å². The van der Waals surface area contributed by atoms with Gasteiger partial charge in [-0.25, -0.2) is 4.98 Å². The second-order valence-electron chi connectivity index (χ2n) is 4.40. The van der Waals surface area contributed by atoms with Gasteiger partial charge in [-0.15, -0.1) is 11.8 Å². The quantitative estimate of drug-likeness (QED) is 0.590. The minimum atomic E-state index is 0.0832. The Morgan fingerprint density at radius 3 is 2.75 bits per heavy atom. The Hall–Kier alpha value is -0.830. The molecule has 1 aliphatic rings. The van der Waals surface area contributed by atoms with Gasteiger partial charge >= 0.3 is 0 Å². The Labute approximate surface area is 101 Å². The van der Waals surface area contributed by atoms with Gasteiger partial charge in [0.05, 0.1) is 5.03 Å². The van der Waals surface area contributed by atoms with Crippen molar-refractivity contribution in [3.63, 3.8) is 0 Å². The average molecular weight is 235 g/mol. The van der Waals surface area contributed by atoms with E-state index in [0.717, 1.165) is 10.9 Å². The van der Waals surface area contributed by atoms with Gasteiger partial charge in [-0.05, 0) is 37.8 Å². The lowest BCUT2D eigenvalue weighted by Crippen LogP contribution is -1.98. The predicted molar refractivity (Wildman–Crippen MR) is 66.9 cm³/mol. The molecule has 1 aromatic heterocycles. The minimum absolute atomic E-state index is 0.0832. The van der Waals surface area contributed by atoms with Crippen molar-refractivity contribution in [3.8, 4) is 0 Å². The molecule has 1 aliphatic carbocycles. The Balaban J connectivity index is 1.87. The van der Waals surface area contributed by atoms with Gasteiger partial charge in [0.25, 0.3) is 0 Å². The Kier molecular flexibility index (Phi) is 3.99. The number of thioether (sulfide) groups is 1. The van der Waals surface area contributed by atoms with Crippen LogP contribution >= 0.6 is 11.8 Å². The molecule has 1 heterocycles. The van der Waals surface area contributed by atoms with Gasteiger partial charge in [0, 0.05) is 17.5 Å². The molecule has 3 heteroatoms. The van der Waals surface area contributed by atoms with Crippen LogP contribution in [-0.2, 0) is 0 Å². The third kappa shape index (κ3) is 3.08. The fraction of sp³-hybridized carbons (Fsp3) is 0.538. The molecule has 1 aromatic rings. The van der Waals surface area contributed by atoms with Crippen molar-refractivity contribution in [1.29, 1.82) is 0 Å². The van der Waals surface area contributed by atoms with E-state index in [2.05, 4.69) is 4.98 Å². The zero-order valence-corrected chi connectivity index (χ0v) is 10.4. The summed E-state index contributed by atoms with van der Waals surface area (Å²) in [6, 6.07) is 3.82. The van der Waals surface area contributed by atoms with Crippen LogP contribution in [0.25, 0.3) is 0 Å². The topological polar surface area (TPSA) is 30.0 Å². The lowest BCUT2D eigenvalue weighted by molar-refractivity contribution is 0.101. The summed E-state index contributed by atoms with van der Waals surface area (Å²) in [4.78, 5) is 15.4. The maximum absolute atomic E-state index is 11.1. The smallest absolute Gasteiger partial charge is 0.161 e. The molecule has 0 bridgehead atoms. The van der Waals surface area contributed by atoms with Crippen LogP contribution < -0.4 is 0 Å². The molecule has 0 spiro atoms. The number of aromatic nitrogens is 1. The van der Waals surface area contributed by atoms with E-state index in [1.54, 1.807) is 13.1 Å². The highest BCUT2D eigenvalue weighted by molar-refractivity contribution is 7.99. The monoisotopic (exact) mass is 235 g/mol. The van der Waals surface area contributed by atoms with Gasteiger partial charge in [0.1, 0.15) is 0 Å². The first-order valence-corrected chi connectivity index (χ1v) is 6.84.